The molecule has 26 heavy (non-hydrogen) atoms. The van der Waals surface area contributed by atoms with E-state index in [4.69, 9.17) is 9.47 Å². The second-order valence-electron chi connectivity index (χ2n) is 7.53. The van der Waals surface area contributed by atoms with Crippen molar-refractivity contribution in [1.29, 1.82) is 0 Å². The lowest BCUT2D eigenvalue weighted by Gasteiger charge is -2.19. The fourth-order valence-electron chi connectivity index (χ4n) is 1.70. The van der Waals surface area contributed by atoms with Crippen LogP contribution in [0.3, 0.4) is 0 Å². The molecule has 0 aliphatic carbocycles. The van der Waals surface area contributed by atoms with Gasteiger partial charge in [-0.1, -0.05) is 0 Å². The fraction of sp³-hybridized carbons (Fsp3) is 0.611. The fourth-order valence-corrected chi connectivity index (χ4v) is 3.51. The summed E-state index contributed by atoms with van der Waals surface area (Å²) >= 11 is 2.70. The van der Waals surface area contributed by atoms with Gasteiger partial charge in [0.15, 0.2) is 0 Å². The number of ether oxygens (including phenoxy) is 2. The largest absolute Gasteiger partial charge is 0.452 e. The highest BCUT2D eigenvalue weighted by Crippen LogP contribution is 2.28. The van der Waals surface area contributed by atoms with E-state index in [9.17, 15) is 9.59 Å². The Morgan fingerprint density at radius 1 is 1.12 bits per heavy atom. The van der Waals surface area contributed by atoms with Crippen molar-refractivity contribution in [2.24, 2.45) is 0 Å². The van der Waals surface area contributed by atoms with E-state index in [0.717, 1.165) is 28.0 Å². The summed E-state index contributed by atoms with van der Waals surface area (Å²) in [5.41, 5.74) is -0.00512. The van der Waals surface area contributed by atoms with Gasteiger partial charge in [-0.15, -0.1) is 0 Å². The summed E-state index contributed by atoms with van der Waals surface area (Å²) in [7, 11) is 0. The van der Waals surface area contributed by atoms with Crippen molar-refractivity contribution in [3.05, 3.63) is 24.0 Å². The lowest BCUT2D eigenvalue weighted by molar-refractivity contribution is 0.0531. The third-order valence-electron chi connectivity index (χ3n) is 2.63. The highest BCUT2D eigenvalue weighted by Gasteiger charge is 2.19. The number of thioether (sulfide) groups is 2. The Morgan fingerprint density at radius 3 is 2.38 bits per heavy atom. The smallest absolute Gasteiger partial charge is 0.407 e. The van der Waals surface area contributed by atoms with Crippen LogP contribution in [-0.4, -0.2) is 39.9 Å². The van der Waals surface area contributed by atoms with E-state index in [0.29, 0.717) is 12.3 Å². The van der Waals surface area contributed by atoms with E-state index >= 15 is 0 Å². The molecule has 1 amide bonds. The first-order valence-electron chi connectivity index (χ1n) is 8.34. The summed E-state index contributed by atoms with van der Waals surface area (Å²) in [6.45, 7) is 11.5. The minimum atomic E-state index is -0.519. The van der Waals surface area contributed by atoms with Crippen LogP contribution < -0.4 is 5.32 Å². The summed E-state index contributed by atoms with van der Waals surface area (Å²) in [4.78, 5) is 28.4. The standard InChI is InChI=1S/C18H28N2O4S2/c1-17(2,3)23-15(21)20-9-10-25-12-13-7-8-19-11-14(13)26-16(22)24-18(4,5)6/h7-8,11H,9-10,12H2,1-6H3,(H,20,21). The summed E-state index contributed by atoms with van der Waals surface area (Å²) in [6, 6.07) is 1.89. The molecule has 1 aromatic rings. The maximum absolute atomic E-state index is 12.0. The molecule has 0 aliphatic rings. The summed E-state index contributed by atoms with van der Waals surface area (Å²) in [5, 5.41) is 2.38. The highest BCUT2D eigenvalue weighted by molar-refractivity contribution is 8.13. The Labute approximate surface area is 164 Å². The first-order valence-corrected chi connectivity index (χ1v) is 10.3. The first-order chi connectivity index (χ1) is 12.0. The van der Waals surface area contributed by atoms with Crippen LogP contribution in [0.25, 0.3) is 0 Å². The molecular weight excluding hydrogens is 372 g/mol. The molecule has 1 rings (SSSR count). The van der Waals surface area contributed by atoms with E-state index in [1.165, 1.54) is 0 Å². The van der Waals surface area contributed by atoms with E-state index < -0.39 is 17.3 Å². The molecular formula is C18H28N2O4S2. The topological polar surface area (TPSA) is 77.5 Å². The van der Waals surface area contributed by atoms with Crippen molar-refractivity contribution in [1.82, 2.24) is 10.3 Å². The molecule has 1 aromatic heterocycles. The van der Waals surface area contributed by atoms with Gasteiger partial charge >= 0.3 is 11.4 Å². The van der Waals surface area contributed by atoms with Gasteiger partial charge in [-0.2, -0.15) is 11.8 Å². The van der Waals surface area contributed by atoms with Gasteiger partial charge < -0.3 is 14.8 Å². The molecule has 1 N–H and O–H groups in total. The predicted octanol–water partition coefficient (Wildman–Crippen LogP) is 4.87. The van der Waals surface area contributed by atoms with Crippen LogP contribution in [-0.2, 0) is 15.2 Å². The Hall–Kier alpha value is -1.41. The molecule has 0 saturated heterocycles. The molecule has 146 valence electrons. The number of alkyl carbamates (subject to hydrolysis) is 1. The lowest BCUT2D eigenvalue weighted by atomic mass is 10.2. The zero-order chi connectivity index (χ0) is 19.8. The molecule has 0 spiro atoms. The van der Waals surface area contributed by atoms with Gasteiger partial charge in [0, 0.05) is 35.3 Å². The van der Waals surface area contributed by atoms with Crippen LogP contribution in [0.1, 0.15) is 47.1 Å². The Balaban J connectivity index is 2.42. The van der Waals surface area contributed by atoms with Crippen molar-refractivity contribution in [2.45, 2.75) is 63.4 Å². The Morgan fingerprint density at radius 2 is 1.77 bits per heavy atom. The number of carbonyl (C=O) groups excluding carboxylic acids is 2. The molecule has 6 nitrogen and oxygen atoms in total. The van der Waals surface area contributed by atoms with Crippen molar-refractivity contribution < 1.29 is 19.1 Å². The van der Waals surface area contributed by atoms with Crippen molar-refractivity contribution in [3.63, 3.8) is 0 Å². The number of nitrogens with one attached hydrogen (secondary N) is 1. The third kappa shape index (κ3) is 10.6. The summed E-state index contributed by atoms with van der Waals surface area (Å²) in [6.07, 6.45) is 2.96. The summed E-state index contributed by atoms with van der Waals surface area (Å²) < 4.78 is 10.5. The Bertz CT molecular complexity index is 610. The van der Waals surface area contributed by atoms with Crippen molar-refractivity contribution in [2.75, 3.05) is 12.3 Å². The Kier molecular flexibility index (Phi) is 8.76. The predicted molar refractivity (Wildman–Crippen MR) is 107 cm³/mol. The lowest BCUT2D eigenvalue weighted by Crippen LogP contribution is -2.33. The number of rotatable bonds is 6. The van der Waals surface area contributed by atoms with Crippen LogP contribution in [0.2, 0.25) is 0 Å². The maximum Gasteiger partial charge on any atom is 0.407 e. The van der Waals surface area contributed by atoms with Crippen LogP contribution in [0, 0.1) is 0 Å². The van der Waals surface area contributed by atoms with Gasteiger partial charge in [-0.3, -0.25) is 4.98 Å². The van der Waals surface area contributed by atoms with Crippen LogP contribution in [0.5, 0.6) is 0 Å². The minimum Gasteiger partial charge on any atom is -0.452 e. The highest BCUT2D eigenvalue weighted by atomic mass is 32.2. The van der Waals surface area contributed by atoms with Gasteiger partial charge in [-0.05, 0) is 64.9 Å². The van der Waals surface area contributed by atoms with Crippen LogP contribution in [0.15, 0.2) is 23.4 Å². The SMILES string of the molecule is CC(C)(C)OC(=O)NCCSCc1ccncc1SC(=O)OC(C)(C)C. The van der Waals surface area contributed by atoms with E-state index in [1.54, 1.807) is 24.2 Å². The monoisotopic (exact) mass is 400 g/mol. The van der Waals surface area contributed by atoms with Gasteiger partial charge in [-0.25, -0.2) is 9.59 Å². The number of carbonyl (C=O) groups is 2. The van der Waals surface area contributed by atoms with Gasteiger partial charge in [0.25, 0.3) is 0 Å². The second kappa shape index (κ2) is 10.1. The molecule has 0 saturated carbocycles. The average Bonchev–Trinajstić information content (AvgIpc) is 2.44. The number of hydrogen-bond donors (Lipinski definition) is 1. The number of aromatic nitrogens is 1. The van der Waals surface area contributed by atoms with E-state index in [-0.39, 0.29) is 5.30 Å². The minimum absolute atomic E-state index is 0.344. The number of pyridine rings is 1. The molecule has 0 bridgehead atoms. The molecule has 0 unspecified atom stereocenters. The normalized spacial score (nSPS) is 11.8. The van der Waals surface area contributed by atoms with Crippen LogP contribution in [0.4, 0.5) is 9.59 Å². The third-order valence-corrected chi connectivity index (χ3v) is 4.47. The quantitative estimate of drug-likeness (QED) is 0.415. The van der Waals surface area contributed by atoms with Gasteiger partial charge in [0.1, 0.15) is 11.2 Å². The number of amides is 1. The molecule has 8 heteroatoms. The zero-order valence-corrected chi connectivity index (χ0v) is 17.9. The first kappa shape index (κ1) is 22.6. The van der Waals surface area contributed by atoms with Crippen molar-refractivity contribution >= 4 is 34.9 Å². The van der Waals surface area contributed by atoms with Gasteiger partial charge in [0.05, 0.1) is 0 Å². The molecule has 0 aliphatic heterocycles. The molecule has 0 fully saturated rings. The number of hydrogen-bond acceptors (Lipinski definition) is 7. The van der Waals surface area contributed by atoms with E-state index in [1.807, 2.05) is 47.6 Å². The molecule has 0 atom stereocenters. The van der Waals surface area contributed by atoms with E-state index in [2.05, 4.69) is 10.3 Å². The van der Waals surface area contributed by atoms with Crippen LogP contribution >= 0.6 is 23.5 Å². The molecule has 1 heterocycles. The molecule has 0 aromatic carbocycles. The number of nitrogens with zero attached hydrogens (tertiary/aromatic N) is 1. The summed E-state index contributed by atoms with van der Waals surface area (Å²) in [5.74, 6) is 1.45. The average molecular weight is 401 g/mol. The molecule has 0 radical (unpaired) electrons. The zero-order valence-electron chi connectivity index (χ0n) is 16.3. The van der Waals surface area contributed by atoms with Crippen molar-refractivity contribution in [3.8, 4) is 0 Å². The second-order valence-corrected chi connectivity index (χ2v) is 9.61. The van der Waals surface area contributed by atoms with Gasteiger partial charge in [0.2, 0.25) is 0 Å². The maximum atomic E-state index is 12.0.